The molecule has 1 saturated heterocycles. The lowest BCUT2D eigenvalue weighted by Gasteiger charge is -2.34. The molecule has 0 spiro atoms. The van der Waals surface area contributed by atoms with Gasteiger partial charge in [0, 0.05) is 24.0 Å². The smallest absolute Gasteiger partial charge is 0.250 e. The van der Waals surface area contributed by atoms with Gasteiger partial charge in [0.2, 0.25) is 10.0 Å². The molecule has 1 aromatic heterocycles. The van der Waals surface area contributed by atoms with Crippen molar-refractivity contribution in [1.82, 2.24) is 9.62 Å². The van der Waals surface area contributed by atoms with Crippen LogP contribution in [0.5, 0.6) is 0 Å². The maximum absolute atomic E-state index is 12.2. The van der Waals surface area contributed by atoms with Crippen molar-refractivity contribution in [2.24, 2.45) is 0 Å². The van der Waals surface area contributed by atoms with Crippen LogP contribution in [0.2, 0.25) is 0 Å². The Bertz CT molecular complexity index is 542. The number of nitrogens with zero attached hydrogens (tertiary/aromatic N) is 1. The number of sulfonamides is 1. The Morgan fingerprint density at radius 1 is 1.43 bits per heavy atom. The first-order valence-corrected chi connectivity index (χ1v) is 9.80. The van der Waals surface area contributed by atoms with Gasteiger partial charge >= 0.3 is 0 Å². The molecule has 0 amide bonds. The van der Waals surface area contributed by atoms with E-state index < -0.39 is 10.0 Å². The summed E-state index contributed by atoms with van der Waals surface area (Å²) >= 11 is 1.33. The lowest BCUT2D eigenvalue weighted by molar-refractivity contribution is 0.0923. The van der Waals surface area contributed by atoms with E-state index in [2.05, 4.69) is 9.62 Å². The molecule has 1 fully saturated rings. The summed E-state index contributed by atoms with van der Waals surface area (Å²) in [5.41, 5.74) is 0. The summed E-state index contributed by atoms with van der Waals surface area (Å²) in [6.07, 6.45) is 4.11. The molecule has 2 heterocycles. The number of nitrogens with one attached hydrogen (secondary N) is 1. The molecule has 1 aliphatic rings. The minimum absolute atomic E-state index is 0.150. The van der Waals surface area contributed by atoms with Gasteiger partial charge in [-0.25, -0.2) is 13.1 Å². The molecule has 1 aromatic rings. The van der Waals surface area contributed by atoms with Gasteiger partial charge in [-0.15, -0.1) is 11.3 Å². The zero-order chi connectivity index (χ0) is 15.3. The molecule has 0 saturated carbocycles. The van der Waals surface area contributed by atoms with E-state index in [4.69, 9.17) is 0 Å². The van der Waals surface area contributed by atoms with Gasteiger partial charge in [0.1, 0.15) is 4.21 Å². The van der Waals surface area contributed by atoms with Crippen molar-refractivity contribution < 1.29 is 13.5 Å². The second-order valence-corrected chi connectivity index (χ2v) is 8.50. The van der Waals surface area contributed by atoms with Gasteiger partial charge in [0.05, 0.1) is 6.61 Å². The van der Waals surface area contributed by atoms with Crippen molar-refractivity contribution in [3.63, 3.8) is 0 Å². The maximum atomic E-state index is 12.2. The Balaban J connectivity index is 1.86. The fraction of sp³-hybridized carbons (Fsp3) is 0.714. The summed E-state index contributed by atoms with van der Waals surface area (Å²) in [6, 6.07) is 3.71. The zero-order valence-electron chi connectivity index (χ0n) is 12.4. The zero-order valence-corrected chi connectivity index (χ0v) is 14.0. The second kappa shape index (κ2) is 7.69. The summed E-state index contributed by atoms with van der Waals surface area (Å²) in [5, 5.41) is 9.35. The number of thiophene rings is 1. The maximum Gasteiger partial charge on any atom is 0.250 e. The molecule has 7 heteroatoms. The Hall–Kier alpha value is -0.470. The van der Waals surface area contributed by atoms with Crippen molar-refractivity contribution in [2.75, 3.05) is 26.2 Å². The standard InChI is InChI=1S/C14H24N2O3S2/c1-2-13-6-7-14(20-13)21(18,19)15-8-10-16-9-4-3-5-12(16)11-17/h6-7,12,15,17H,2-5,8-11H2,1H3. The summed E-state index contributed by atoms with van der Waals surface area (Å²) < 4.78 is 27.4. The summed E-state index contributed by atoms with van der Waals surface area (Å²) in [5.74, 6) is 0. The lowest BCUT2D eigenvalue weighted by Crippen LogP contribution is -2.45. The van der Waals surface area contributed by atoms with Crippen molar-refractivity contribution in [3.05, 3.63) is 17.0 Å². The summed E-state index contributed by atoms with van der Waals surface area (Å²) in [6.45, 7) is 4.14. The molecule has 21 heavy (non-hydrogen) atoms. The number of piperidine rings is 1. The molecule has 0 aliphatic carbocycles. The molecule has 0 aromatic carbocycles. The molecule has 1 aliphatic heterocycles. The van der Waals surface area contributed by atoms with Gasteiger partial charge in [-0.3, -0.25) is 4.90 Å². The molecule has 5 nitrogen and oxygen atoms in total. The van der Waals surface area contributed by atoms with Crippen LogP contribution in [-0.4, -0.2) is 50.7 Å². The molecular weight excluding hydrogens is 308 g/mol. The average Bonchev–Trinajstić information content (AvgIpc) is 2.97. The monoisotopic (exact) mass is 332 g/mol. The number of aryl methyl sites for hydroxylation is 1. The van der Waals surface area contributed by atoms with E-state index in [9.17, 15) is 13.5 Å². The predicted molar refractivity (Wildman–Crippen MR) is 85.2 cm³/mol. The fourth-order valence-electron chi connectivity index (χ4n) is 2.65. The highest BCUT2D eigenvalue weighted by Gasteiger charge is 2.22. The summed E-state index contributed by atoms with van der Waals surface area (Å²) in [4.78, 5) is 3.25. The third-order valence-corrected chi connectivity index (χ3v) is 7.08. The molecule has 2 rings (SSSR count). The van der Waals surface area contributed by atoms with E-state index in [1.807, 2.05) is 13.0 Å². The average molecular weight is 332 g/mol. The van der Waals surface area contributed by atoms with Crippen LogP contribution in [-0.2, 0) is 16.4 Å². The quantitative estimate of drug-likeness (QED) is 0.793. The number of rotatable bonds is 7. The van der Waals surface area contributed by atoms with Crippen molar-refractivity contribution >= 4 is 21.4 Å². The largest absolute Gasteiger partial charge is 0.395 e. The van der Waals surface area contributed by atoms with E-state index in [1.165, 1.54) is 11.3 Å². The number of hydrogen-bond acceptors (Lipinski definition) is 5. The van der Waals surface area contributed by atoms with Gasteiger partial charge in [-0.2, -0.15) is 0 Å². The van der Waals surface area contributed by atoms with Crippen LogP contribution < -0.4 is 4.72 Å². The fourth-order valence-corrected chi connectivity index (χ4v) is 5.01. The molecule has 0 radical (unpaired) electrons. The third kappa shape index (κ3) is 4.50. The number of likely N-dealkylation sites (tertiary alicyclic amines) is 1. The predicted octanol–water partition coefficient (Wildman–Crippen LogP) is 1.44. The normalized spacial score (nSPS) is 20.8. The molecule has 0 bridgehead atoms. The van der Waals surface area contributed by atoms with Crippen molar-refractivity contribution in [3.8, 4) is 0 Å². The Morgan fingerprint density at radius 3 is 2.90 bits per heavy atom. The van der Waals surface area contributed by atoms with E-state index in [0.29, 0.717) is 17.3 Å². The molecule has 1 atom stereocenters. The first kappa shape index (κ1) is 16.9. The van der Waals surface area contributed by atoms with Gasteiger partial charge < -0.3 is 5.11 Å². The minimum Gasteiger partial charge on any atom is -0.395 e. The van der Waals surface area contributed by atoms with E-state index in [1.54, 1.807) is 6.07 Å². The molecule has 2 N–H and O–H groups in total. The molecular formula is C14H24N2O3S2. The highest BCUT2D eigenvalue weighted by atomic mass is 32.2. The van der Waals surface area contributed by atoms with Crippen LogP contribution in [0.3, 0.4) is 0 Å². The Labute approximate surface area is 131 Å². The summed E-state index contributed by atoms with van der Waals surface area (Å²) in [7, 11) is -3.40. The van der Waals surface area contributed by atoms with Crippen LogP contribution in [0.15, 0.2) is 16.3 Å². The Morgan fingerprint density at radius 2 is 2.24 bits per heavy atom. The van der Waals surface area contributed by atoms with E-state index >= 15 is 0 Å². The first-order valence-electron chi connectivity index (χ1n) is 7.50. The highest BCUT2D eigenvalue weighted by Crippen LogP contribution is 2.21. The highest BCUT2D eigenvalue weighted by molar-refractivity contribution is 7.91. The molecule has 120 valence electrons. The number of hydrogen-bond donors (Lipinski definition) is 2. The SMILES string of the molecule is CCc1ccc(S(=O)(=O)NCCN2CCCCC2CO)s1. The first-order chi connectivity index (χ1) is 10.1. The van der Waals surface area contributed by atoms with Gasteiger partial charge in [-0.05, 0) is 37.9 Å². The number of aliphatic hydroxyl groups excluding tert-OH is 1. The van der Waals surface area contributed by atoms with E-state index in [0.717, 1.165) is 37.1 Å². The van der Waals surface area contributed by atoms with Gasteiger partial charge in [0.25, 0.3) is 0 Å². The third-order valence-electron chi connectivity index (χ3n) is 3.90. The van der Waals surface area contributed by atoms with Crippen molar-refractivity contribution in [2.45, 2.75) is 42.9 Å². The number of aliphatic hydroxyl groups is 1. The van der Waals surface area contributed by atoms with Crippen LogP contribution in [0.4, 0.5) is 0 Å². The van der Waals surface area contributed by atoms with Crippen LogP contribution in [0.25, 0.3) is 0 Å². The lowest BCUT2D eigenvalue weighted by atomic mass is 10.0. The Kier molecular flexibility index (Phi) is 6.19. The topological polar surface area (TPSA) is 69.6 Å². The van der Waals surface area contributed by atoms with Crippen LogP contribution >= 0.6 is 11.3 Å². The second-order valence-electron chi connectivity index (χ2n) is 5.34. The van der Waals surface area contributed by atoms with Gasteiger partial charge in [-0.1, -0.05) is 13.3 Å². The van der Waals surface area contributed by atoms with Crippen LogP contribution in [0, 0.1) is 0 Å². The minimum atomic E-state index is -3.40. The van der Waals surface area contributed by atoms with Gasteiger partial charge in [0.15, 0.2) is 0 Å². The van der Waals surface area contributed by atoms with Crippen molar-refractivity contribution in [1.29, 1.82) is 0 Å². The molecule has 1 unspecified atom stereocenters. The van der Waals surface area contributed by atoms with E-state index in [-0.39, 0.29) is 12.6 Å². The van der Waals surface area contributed by atoms with Crippen LogP contribution in [0.1, 0.15) is 31.1 Å².